The molecule has 1 aliphatic carbocycles. The van der Waals surface area contributed by atoms with Crippen molar-refractivity contribution in [3.05, 3.63) is 51.5 Å². The van der Waals surface area contributed by atoms with Crippen LogP contribution in [-0.2, 0) is 16.8 Å². The van der Waals surface area contributed by atoms with Gasteiger partial charge in [-0.1, -0.05) is 0 Å². The van der Waals surface area contributed by atoms with Crippen LogP contribution in [0, 0.1) is 0 Å². The van der Waals surface area contributed by atoms with E-state index in [4.69, 9.17) is 0 Å². The molecule has 0 radical (unpaired) electrons. The Morgan fingerprint density at radius 2 is 1.61 bits per heavy atom. The third-order valence-corrected chi connectivity index (χ3v) is 9.26. The van der Waals surface area contributed by atoms with Crippen molar-refractivity contribution in [3.63, 3.8) is 0 Å². The Morgan fingerprint density at radius 3 is 2.09 bits per heavy atom. The van der Waals surface area contributed by atoms with Crippen molar-refractivity contribution < 1.29 is 16.8 Å². The molecule has 4 heteroatoms. The van der Waals surface area contributed by atoms with Crippen LogP contribution in [0.4, 0.5) is 0 Å². The second-order valence-corrected chi connectivity index (χ2v) is 14.4. The molecule has 2 rings (SSSR count). The Hall–Kier alpha value is -0.609. The molecule has 23 heavy (non-hydrogen) atoms. The summed E-state index contributed by atoms with van der Waals surface area (Å²) in [5, 5.41) is 4.94. The van der Waals surface area contributed by atoms with E-state index in [1.807, 2.05) is 0 Å². The van der Waals surface area contributed by atoms with Crippen LogP contribution in [-0.4, -0.2) is 35.5 Å². The molecule has 0 bridgehead atoms. The van der Waals surface area contributed by atoms with Gasteiger partial charge < -0.3 is 0 Å². The first-order valence-corrected chi connectivity index (χ1v) is 12.7. The molecule has 0 atom stereocenters. The van der Waals surface area contributed by atoms with Gasteiger partial charge in [-0.05, 0) is 11.0 Å². The summed E-state index contributed by atoms with van der Waals surface area (Å²) >= 11 is -2.19. The molecule has 0 fully saturated rings. The van der Waals surface area contributed by atoms with Crippen LogP contribution in [0.5, 0.6) is 0 Å². The van der Waals surface area contributed by atoms with Gasteiger partial charge in [0, 0.05) is 0 Å². The average molecular weight is 366 g/mol. The average Bonchev–Trinajstić information content (AvgIpc) is 2.83. The molecular weight excluding hydrogens is 332 g/mol. The van der Waals surface area contributed by atoms with Crippen LogP contribution in [0.15, 0.2) is 46.0 Å². The largest absolute Gasteiger partial charge is 0.0149 e. The number of hydrogen-bond acceptors (Lipinski definition) is 2. The summed E-state index contributed by atoms with van der Waals surface area (Å²) in [5.41, 5.74) is 4.35. The smallest absolute Gasteiger partial charge is 0.0149 e. The van der Waals surface area contributed by atoms with E-state index in [2.05, 4.69) is 90.4 Å². The van der Waals surface area contributed by atoms with Crippen molar-refractivity contribution >= 4 is 16.5 Å². The zero-order chi connectivity index (χ0) is 16.5. The minimum absolute atomic E-state index is 0. The second-order valence-electron chi connectivity index (χ2n) is 7.97. The van der Waals surface area contributed by atoms with E-state index in [0.717, 1.165) is 6.42 Å². The molecule has 128 valence electrons. The van der Waals surface area contributed by atoms with Gasteiger partial charge in [0.1, 0.15) is 0 Å². The first kappa shape index (κ1) is 20.4. The van der Waals surface area contributed by atoms with Gasteiger partial charge in [0.2, 0.25) is 0 Å². The molecule has 1 aliphatic rings. The SMILES string of the molecule is CN(C)C1=C(c2ccccc2)C=[C]([Ti]([CH3])([CH3])[NH]C(C)(C)C)C1.[SiH4]. The number of nitrogens with zero attached hydrogens (tertiary/aromatic N) is 1. The first-order chi connectivity index (χ1) is 10.1. The van der Waals surface area contributed by atoms with Gasteiger partial charge in [0.25, 0.3) is 0 Å². The van der Waals surface area contributed by atoms with E-state index in [1.165, 1.54) is 16.8 Å². The topological polar surface area (TPSA) is 15.3 Å². The van der Waals surface area contributed by atoms with E-state index in [-0.39, 0.29) is 16.5 Å². The number of hydrogen-bond donors (Lipinski definition) is 1. The van der Waals surface area contributed by atoms with Crippen molar-refractivity contribution in [2.24, 2.45) is 0 Å². The van der Waals surface area contributed by atoms with Crippen molar-refractivity contribution in [1.29, 1.82) is 0 Å². The van der Waals surface area contributed by atoms with Crippen LogP contribution < -0.4 is 3.80 Å². The fourth-order valence-electron chi connectivity index (χ4n) is 3.27. The third-order valence-electron chi connectivity index (χ3n) is 4.10. The summed E-state index contributed by atoms with van der Waals surface area (Å²) in [6, 6.07) is 10.8. The Kier molecular flexibility index (Phi) is 6.68. The summed E-state index contributed by atoms with van der Waals surface area (Å²) in [6.45, 7) is 6.82. The van der Waals surface area contributed by atoms with Crippen LogP contribution in [0.25, 0.3) is 5.57 Å². The second kappa shape index (κ2) is 7.52. The molecule has 1 N–H and O–H groups in total. The van der Waals surface area contributed by atoms with Gasteiger partial charge in [-0.2, -0.15) is 0 Å². The number of rotatable bonds is 4. The van der Waals surface area contributed by atoms with E-state index in [0.29, 0.717) is 0 Å². The van der Waals surface area contributed by atoms with Crippen LogP contribution >= 0.6 is 0 Å². The maximum absolute atomic E-state index is 3.94. The molecular formula is C19H34N2SiTi. The van der Waals surface area contributed by atoms with Gasteiger partial charge >= 0.3 is 140 Å². The van der Waals surface area contributed by atoms with Crippen molar-refractivity contribution in [3.8, 4) is 0 Å². The monoisotopic (exact) mass is 366 g/mol. The van der Waals surface area contributed by atoms with Gasteiger partial charge in [0.05, 0.1) is 0 Å². The number of nitrogens with one attached hydrogen (secondary N) is 1. The third kappa shape index (κ3) is 5.18. The van der Waals surface area contributed by atoms with E-state index in [1.54, 1.807) is 3.88 Å². The zero-order valence-electron chi connectivity index (χ0n) is 15.1. The van der Waals surface area contributed by atoms with E-state index >= 15 is 0 Å². The maximum atomic E-state index is 3.94. The van der Waals surface area contributed by atoms with Crippen molar-refractivity contribution in [1.82, 2.24) is 8.70 Å². The molecule has 0 aliphatic heterocycles. The molecule has 0 spiro atoms. The van der Waals surface area contributed by atoms with Crippen LogP contribution in [0.1, 0.15) is 32.8 Å². The fourth-order valence-corrected chi connectivity index (χ4v) is 8.19. The van der Waals surface area contributed by atoms with Crippen LogP contribution in [0.2, 0.25) is 10.5 Å². The quantitative estimate of drug-likeness (QED) is 0.822. The van der Waals surface area contributed by atoms with Crippen molar-refractivity contribution in [2.75, 3.05) is 14.1 Å². The van der Waals surface area contributed by atoms with E-state index in [9.17, 15) is 0 Å². The zero-order valence-corrected chi connectivity index (χ0v) is 16.7. The van der Waals surface area contributed by atoms with Gasteiger partial charge in [0.15, 0.2) is 0 Å². The molecule has 0 heterocycles. The van der Waals surface area contributed by atoms with Gasteiger partial charge in [-0.25, -0.2) is 0 Å². The molecule has 0 amide bonds. The summed E-state index contributed by atoms with van der Waals surface area (Å²) in [4.78, 5) is 2.28. The summed E-state index contributed by atoms with van der Waals surface area (Å²) in [6.07, 6.45) is 3.55. The summed E-state index contributed by atoms with van der Waals surface area (Å²) in [5.74, 6) is 0. The molecule has 2 nitrogen and oxygen atoms in total. The van der Waals surface area contributed by atoms with Crippen molar-refractivity contribution in [2.45, 2.75) is 43.2 Å². The first-order valence-electron chi connectivity index (χ1n) is 8.06. The molecule has 1 aromatic rings. The minimum Gasteiger partial charge on any atom is -0.0149 e. The molecule has 0 unspecified atom stereocenters. The van der Waals surface area contributed by atoms with E-state index < -0.39 is 16.8 Å². The summed E-state index contributed by atoms with van der Waals surface area (Å²) < 4.78 is 5.58. The molecule has 0 aromatic heterocycles. The summed E-state index contributed by atoms with van der Waals surface area (Å²) in [7, 11) is 4.32. The Balaban J connectivity index is 0.00000264. The maximum Gasteiger partial charge on any atom is -0.0149 e. The Labute approximate surface area is 150 Å². The Morgan fingerprint density at radius 1 is 1.04 bits per heavy atom. The van der Waals surface area contributed by atoms with Crippen LogP contribution in [0.3, 0.4) is 0 Å². The number of benzene rings is 1. The molecule has 1 aromatic carbocycles. The predicted molar refractivity (Wildman–Crippen MR) is 106 cm³/mol. The Bertz CT molecular complexity index is 596. The molecule has 0 saturated heterocycles. The molecule has 0 saturated carbocycles. The normalized spacial score (nSPS) is 15.3. The van der Waals surface area contributed by atoms with Gasteiger partial charge in [-0.3, -0.25) is 0 Å². The number of allylic oxidation sites excluding steroid dienone is 3. The predicted octanol–water partition coefficient (Wildman–Crippen LogP) is 3.35. The fraction of sp³-hybridized carbons (Fsp3) is 0.474. The standard InChI is InChI=1S/C13H14N.C4H10N.2CH3.H4Si.Ti/c1-14(2)13-10-6-9-12(13)11-7-4-3-5-8-11;1-4(2,3)5;;;;/h3-5,7-9H,10H2,1-2H3;5H,1-3H3;2*1H3;1H4;/q;-1;;;;+1. The minimum atomic E-state index is -2.19. The van der Waals surface area contributed by atoms with Gasteiger partial charge in [-0.15, -0.1) is 0 Å².